The van der Waals surface area contributed by atoms with Crippen LogP contribution in [0.3, 0.4) is 0 Å². The Kier molecular flexibility index (Phi) is 6.84. The van der Waals surface area contributed by atoms with Crippen LogP contribution < -0.4 is 19.1 Å². The van der Waals surface area contributed by atoms with E-state index in [1.54, 1.807) is 38.5 Å². The molecule has 1 fully saturated rings. The second-order valence-electron chi connectivity index (χ2n) is 7.51. The Hall–Kier alpha value is -3.52. The van der Waals surface area contributed by atoms with Gasteiger partial charge in [0, 0.05) is 18.3 Å². The first-order chi connectivity index (χ1) is 16.0. The smallest absolute Gasteiger partial charge is 0.339 e. The highest BCUT2D eigenvalue weighted by molar-refractivity contribution is 6.32. The molecule has 1 aliphatic heterocycles. The van der Waals surface area contributed by atoms with Gasteiger partial charge in [-0.05, 0) is 43.2 Å². The molecule has 1 N–H and O–H groups in total. The number of halogens is 1. The van der Waals surface area contributed by atoms with Crippen LogP contribution in [0.2, 0.25) is 5.02 Å². The van der Waals surface area contributed by atoms with Crippen LogP contribution in [0.4, 0.5) is 5.95 Å². The van der Waals surface area contributed by atoms with E-state index in [0.717, 1.165) is 36.4 Å². The van der Waals surface area contributed by atoms with Crippen molar-refractivity contribution in [2.24, 2.45) is 0 Å². The minimum absolute atomic E-state index is 0.0134. The summed E-state index contributed by atoms with van der Waals surface area (Å²) in [5.74, 6) is 1.25. The van der Waals surface area contributed by atoms with Gasteiger partial charge in [-0.15, -0.1) is 0 Å². The first-order valence-electron chi connectivity index (χ1n) is 10.5. The van der Waals surface area contributed by atoms with Gasteiger partial charge in [0.05, 0.1) is 31.0 Å². The molecule has 4 rings (SSSR count). The van der Waals surface area contributed by atoms with Crippen LogP contribution in [-0.4, -0.2) is 41.8 Å². The summed E-state index contributed by atoms with van der Waals surface area (Å²) in [7, 11) is 3.25. The number of hydrogen-bond donors (Lipinski definition) is 1. The van der Waals surface area contributed by atoms with Crippen LogP contribution >= 0.6 is 11.6 Å². The quantitative estimate of drug-likeness (QED) is 0.504. The molecule has 2 heterocycles. The molecule has 33 heavy (non-hydrogen) atoms. The van der Waals surface area contributed by atoms with E-state index in [2.05, 4.69) is 14.9 Å². The highest BCUT2D eigenvalue weighted by Gasteiger charge is 2.31. The van der Waals surface area contributed by atoms with Gasteiger partial charge in [0.25, 0.3) is 0 Å². The molecule has 0 radical (unpaired) electrons. The lowest BCUT2D eigenvalue weighted by molar-refractivity contribution is 0.0692. The Labute approximate surface area is 196 Å². The topological polar surface area (TPSA) is 94.0 Å². The second kappa shape index (κ2) is 9.95. The number of carboxylic acids is 1. The van der Waals surface area contributed by atoms with E-state index in [4.69, 9.17) is 25.8 Å². The van der Waals surface area contributed by atoms with Crippen molar-refractivity contribution in [3.05, 3.63) is 70.5 Å². The number of rotatable bonds is 8. The molecule has 0 spiro atoms. The first kappa shape index (κ1) is 22.7. The molecular weight excluding hydrogens is 446 g/mol. The van der Waals surface area contributed by atoms with E-state index in [0.29, 0.717) is 16.7 Å². The molecule has 0 amide bonds. The Morgan fingerprint density at radius 1 is 1.18 bits per heavy atom. The summed E-state index contributed by atoms with van der Waals surface area (Å²) in [5, 5.41) is 10.1. The Bertz CT molecular complexity index is 1160. The van der Waals surface area contributed by atoms with Gasteiger partial charge in [0.2, 0.25) is 5.95 Å². The molecule has 1 aliphatic rings. The van der Waals surface area contributed by atoms with Crippen molar-refractivity contribution in [3.8, 4) is 17.2 Å². The van der Waals surface area contributed by atoms with E-state index < -0.39 is 5.97 Å². The van der Waals surface area contributed by atoms with Crippen LogP contribution in [0.25, 0.3) is 0 Å². The van der Waals surface area contributed by atoms with E-state index in [-0.39, 0.29) is 23.9 Å². The lowest BCUT2D eigenvalue weighted by atomic mass is 10.0. The van der Waals surface area contributed by atoms with Gasteiger partial charge in [0.1, 0.15) is 29.4 Å². The first-order valence-corrected chi connectivity index (χ1v) is 10.8. The second-order valence-corrected chi connectivity index (χ2v) is 7.92. The van der Waals surface area contributed by atoms with Gasteiger partial charge in [-0.2, -0.15) is 0 Å². The summed E-state index contributed by atoms with van der Waals surface area (Å²) in [5.41, 5.74) is 1.23. The maximum atomic E-state index is 11.8. The monoisotopic (exact) mass is 469 g/mol. The number of nitrogens with zero attached hydrogens (tertiary/aromatic N) is 3. The number of carboxylic acid groups (broad SMARTS) is 1. The van der Waals surface area contributed by atoms with E-state index in [1.807, 2.05) is 18.2 Å². The molecule has 0 unspecified atom stereocenters. The van der Waals surface area contributed by atoms with Crippen molar-refractivity contribution in [2.45, 2.75) is 25.5 Å². The highest BCUT2D eigenvalue weighted by atomic mass is 35.5. The molecule has 0 saturated carbocycles. The summed E-state index contributed by atoms with van der Waals surface area (Å²) < 4.78 is 16.8. The molecule has 172 valence electrons. The molecule has 0 aliphatic carbocycles. The largest absolute Gasteiger partial charge is 0.497 e. The number of benzene rings is 2. The van der Waals surface area contributed by atoms with Crippen LogP contribution in [0.15, 0.2) is 48.7 Å². The fraction of sp³-hybridized carbons (Fsp3) is 0.292. The molecule has 9 heteroatoms. The third-order valence-corrected chi connectivity index (χ3v) is 5.90. The number of carbonyl (C=O) groups is 1. The summed E-state index contributed by atoms with van der Waals surface area (Å²) >= 11 is 6.16. The fourth-order valence-corrected chi connectivity index (χ4v) is 4.16. The third kappa shape index (κ3) is 4.80. The van der Waals surface area contributed by atoms with Crippen molar-refractivity contribution >= 4 is 23.5 Å². The average molecular weight is 470 g/mol. The van der Waals surface area contributed by atoms with Crippen LogP contribution in [0.5, 0.6) is 17.2 Å². The van der Waals surface area contributed by atoms with Gasteiger partial charge in [-0.1, -0.05) is 23.7 Å². The van der Waals surface area contributed by atoms with Crippen LogP contribution in [0, 0.1) is 0 Å². The fourth-order valence-electron chi connectivity index (χ4n) is 3.97. The Morgan fingerprint density at radius 3 is 2.73 bits per heavy atom. The number of aromatic nitrogens is 2. The van der Waals surface area contributed by atoms with Crippen molar-refractivity contribution in [2.75, 3.05) is 25.7 Å². The molecule has 2 aromatic carbocycles. The lowest BCUT2D eigenvalue weighted by Crippen LogP contribution is -2.26. The predicted molar refractivity (Wildman–Crippen MR) is 124 cm³/mol. The van der Waals surface area contributed by atoms with Gasteiger partial charge < -0.3 is 24.2 Å². The van der Waals surface area contributed by atoms with Gasteiger partial charge in [0.15, 0.2) is 0 Å². The molecule has 1 saturated heterocycles. The van der Waals surface area contributed by atoms with Crippen molar-refractivity contribution in [3.63, 3.8) is 0 Å². The summed E-state index contributed by atoms with van der Waals surface area (Å²) in [4.78, 5) is 22.8. The molecule has 1 atom stereocenters. The molecule has 3 aromatic rings. The van der Waals surface area contributed by atoms with Crippen LogP contribution in [0.1, 0.15) is 40.5 Å². The number of ether oxygens (including phenoxy) is 3. The van der Waals surface area contributed by atoms with Crippen molar-refractivity contribution in [1.82, 2.24) is 9.97 Å². The standard InChI is InChI=1S/C24H24ClN3O5/c1-31-15-9-10-21(32-2)16(12-15)20-7-5-11-28(20)24-26-13-17(23(29)30)19(27-24)14-33-22-8-4-3-6-18(22)25/h3-4,6,8-10,12-13,20H,5,7,11,14H2,1-2H3,(H,29,30)/t20-/m0/s1. The number of aromatic carboxylic acids is 1. The SMILES string of the molecule is COc1ccc(OC)c([C@@H]2CCCN2c2ncc(C(=O)O)c(COc3ccccc3Cl)n2)c1. The molecular formula is C24H24ClN3O5. The normalized spacial score (nSPS) is 15.4. The van der Waals surface area contributed by atoms with Crippen molar-refractivity contribution < 1.29 is 24.1 Å². The minimum atomic E-state index is -1.12. The maximum Gasteiger partial charge on any atom is 0.339 e. The minimum Gasteiger partial charge on any atom is -0.497 e. The highest BCUT2D eigenvalue weighted by Crippen LogP contribution is 2.40. The van der Waals surface area contributed by atoms with Gasteiger partial charge >= 0.3 is 5.97 Å². The molecule has 1 aromatic heterocycles. The lowest BCUT2D eigenvalue weighted by Gasteiger charge is -2.27. The number of hydrogen-bond acceptors (Lipinski definition) is 7. The summed E-state index contributed by atoms with van der Waals surface area (Å²) in [6, 6.07) is 12.7. The van der Waals surface area contributed by atoms with E-state index in [1.165, 1.54) is 6.20 Å². The zero-order valence-electron chi connectivity index (χ0n) is 18.3. The van der Waals surface area contributed by atoms with Crippen LogP contribution in [-0.2, 0) is 6.61 Å². The number of methoxy groups -OCH3 is 2. The zero-order valence-corrected chi connectivity index (χ0v) is 19.1. The number of para-hydroxylation sites is 1. The maximum absolute atomic E-state index is 11.8. The zero-order chi connectivity index (χ0) is 23.4. The van der Waals surface area contributed by atoms with E-state index >= 15 is 0 Å². The Balaban J connectivity index is 1.66. The predicted octanol–water partition coefficient (Wildman–Crippen LogP) is 4.77. The average Bonchev–Trinajstić information content (AvgIpc) is 3.32. The van der Waals surface area contributed by atoms with Crippen molar-refractivity contribution in [1.29, 1.82) is 0 Å². The third-order valence-electron chi connectivity index (χ3n) is 5.59. The Morgan fingerprint density at radius 2 is 2.00 bits per heavy atom. The molecule has 8 nitrogen and oxygen atoms in total. The number of anilines is 1. The van der Waals surface area contributed by atoms with Gasteiger partial charge in [-0.3, -0.25) is 0 Å². The van der Waals surface area contributed by atoms with E-state index in [9.17, 15) is 9.90 Å². The summed E-state index contributed by atoms with van der Waals surface area (Å²) in [6.07, 6.45) is 3.13. The summed E-state index contributed by atoms with van der Waals surface area (Å²) in [6.45, 7) is 0.671. The van der Waals surface area contributed by atoms with Gasteiger partial charge in [-0.25, -0.2) is 14.8 Å². The molecule has 0 bridgehead atoms.